The van der Waals surface area contributed by atoms with E-state index >= 15 is 0 Å². The Hall–Kier alpha value is -3.33. The summed E-state index contributed by atoms with van der Waals surface area (Å²) in [6, 6.07) is 7.85. The molecule has 1 amide bonds. The van der Waals surface area contributed by atoms with Gasteiger partial charge in [-0.3, -0.25) is 19.1 Å². The van der Waals surface area contributed by atoms with Crippen LogP contribution in [-0.2, 0) is 17.8 Å². The van der Waals surface area contributed by atoms with Crippen molar-refractivity contribution < 1.29 is 14.3 Å². The number of amides is 1. The van der Waals surface area contributed by atoms with E-state index in [1.807, 2.05) is 24.3 Å². The van der Waals surface area contributed by atoms with E-state index in [1.165, 1.54) is 11.8 Å². The Kier molecular flexibility index (Phi) is 10.7. The molecular weight excluding hydrogens is 571 g/mol. The zero-order valence-electron chi connectivity index (χ0n) is 25.1. The number of nitrogens with zero attached hydrogens (tertiary/aromatic N) is 5. The number of thioether (sulfide) groups is 1. The molecule has 0 unspecified atom stereocenters. The molecule has 0 radical (unpaired) electrons. The number of thiocarbonyl (C=S) groups is 1. The van der Waals surface area contributed by atoms with Crippen LogP contribution in [0.25, 0.3) is 6.08 Å². The van der Waals surface area contributed by atoms with Crippen LogP contribution in [0.1, 0.15) is 48.9 Å². The summed E-state index contributed by atoms with van der Waals surface area (Å²) in [7, 11) is 3.19. The lowest BCUT2D eigenvalue weighted by Gasteiger charge is -2.37. The molecule has 0 spiro atoms. The van der Waals surface area contributed by atoms with E-state index in [0.29, 0.717) is 45.8 Å². The molecule has 0 saturated carbocycles. The van der Waals surface area contributed by atoms with Gasteiger partial charge in [-0.2, -0.15) is 5.26 Å². The number of unbranched alkanes of at least 4 members (excludes halogenated alkanes) is 1. The first-order valence-corrected chi connectivity index (χ1v) is 15.6. The second-order valence-electron chi connectivity index (χ2n) is 10.4. The molecule has 3 heterocycles. The predicted octanol–water partition coefficient (Wildman–Crippen LogP) is 4.43. The van der Waals surface area contributed by atoms with Crippen molar-refractivity contribution in [3.63, 3.8) is 0 Å². The number of rotatable bonds is 11. The van der Waals surface area contributed by atoms with Crippen LogP contribution in [-0.4, -0.2) is 78.1 Å². The van der Waals surface area contributed by atoms with Crippen LogP contribution in [0.15, 0.2) is 27.9 Å². The highest BCUT2D eigenvalue weighted by atomic mass is 32.2. The molecule has 9 nitrogen and oxygen atoms in total. The predicted molar refractivity (Wildman–Crippen MR) is 173 cm³/mol. The number of pyridine rings is 1. The standard InChI is InChI=1S/C31H39N5O4S2/c1-6-8-12-35-28(34-16-14-33(7-2)15-17-34)23(21(3)24(20-32)29(35)37)19-27-30(38)36(31(41)42-27)13-11-22-9-10-25(39-4)26(18-22)40-5/h9-10,18-19H,6-8,11-17H2,1-5H3/b27-19+. The smallest absolute Gasteiger partial charge is 0.270 e. The summed E-state index contributed by atoms with van der Waals surface area (Å²) >= 11 is 6.91. The summed E-state index contributed by atoms with van der Waals surface area (Å²) in [6.45, 7) is 11.2. The number of hydrogen-bond donors (Lipinski definition) is 0. The number of likely N-dealkylation sites (N-methyl/N-ethyl adjacent to an activating group) is 1. The molecule has 2 saturated heterocycles. The Morgan fingerprint density at radius 1 is 1.07 bits per heavy atom. The van der Waals surface area contributed by atoms with Gasteiger partial charge in [-0.1, -0.05) is 50.3 Å². The maximum Gasteiger partial charge on any atom is 0.270 e. The number of nitriles is 1. The molecule has 0 atom stereocenters. The minimum atomic E-state index is -0.268. The Balaban J connectivity index is 1.70. The molecule has 0 aliphatic carbocycles. The fourth-order valence-corrected chi connectivity index (χ4v) is 6.68. The van der Waals surface area contributed by atoms with Gasteiger partial charge in [-0.25, -0.2) is 0 Å². The van der Waals surface area contributed by atoms with Gasteiger partial charge >= 0.3 is 0 Å². The van der Waals surface area contributed by atoms with Crippen molar-refractivity contribution in [3.8, 4) is 17.6 Å². The van der Waals surface area contributed by atoms with E-state index in [1.54, 1.807) is 30.6 Å². The maximum atomic E-state index is 13.7. The van der Waals surface area contributed by atoms with Gasteiger partial charge in [-0.15, -0.1) is 0 Å². The van der Waals surface area contributed by atoms with Crippen molar-refractivity contribution in [2.45, 2.75) is 46.6 Å². The first-order valence-electron chi connectivity index (χ1n) is 14.4. The van der Waals surface area contributed by atoms with Gasteiger partial charge in [0.1, 0.15) is 21.8 Å². The van der Waals surface area contributed by atoms with Crippen molar-refractivity contribution in [1.29, 1.82) is 5.26 Å². The first-order chi connectivity index (χ1) is 20.3. The van der Waals surface area contributed by atoms with Crippen molar-refractivity contribution in [3.05, 3.63) is 55.7 Å². The molecule has 2 aromatic rings. The van der Waals surface area contributed by atoms with E-state index in [-0.39, 0.29) is 17.0 Å². The second-order valence-corrected chi connectivity index (χ2v) is 12.0. The van der Waals surface area contributed by atoms with Crippen LogP contribution in [0.4, 0.5) is 5.82 Å². The van der Waals surface area contributed by atoms with E-state index in [0.717, 1.165) is 62.5 Å². The fourth-order valence-electron chi connectivity index (χ4n) is 5.39. The van der Waals surface area contributed by atoms with Crippen LogP contribution < -0.4 is 19.9 Å². The molecular formula is C31H39N5O4S2. The van der Waals surface area contributed by atoms with Crippen LogP contribution in [0, 0.1) is 18.3 Å². The van der Waals surface area contributed by atoms with Crippen molar-refractivity contribution in [1.82, 2.24) is 14.4 Å². The number of carbonyl (C=O) groups excluding carboxylic acids is 1. The Labute approximate surface area is 257 Å². The van der Waals surface area contributed by atoms with E-state index < -0.39 is 0 Å². The maximum absolute atomic E-state index is 13.7. The zero-order valence-corrected chi connectivity index (χ0v) is 26.7. The van der Waals surface area contributed by atoms with Crippen LogP contribution in [0.2, 0.25) is 0 Å². The minimum absolute atomic E-state index is 0.122. The summed E-state index contributed by atoms with van der Waals surface area (Å²) in [5, 5.41) is 9.96. The molecule has 1 aromatic carbocycles. The van der Waals surface area contributed by atoms with Crippen LogP contribution in [0.3, 0.4) is 0 Å². The largest absolute Gasteiger partial charge is 0.493 e. The normalized spacial score (nSPS) is 16.8. The molecule has 2 aliphatic rings. The third-order valence-corrected chi connectivity index (χ3v) is 9.30. The van der Waals surface area contributed by atoms with Gasteiger partial charge in [0.15, 0.2) is 11.5 Å². The lowest BCUT2D eigenvalue weighted by Crippen LogP contribution is -2.48. The molecule has 1 aromatic heterocycles. The van der Waals surface area contributed by atoms with Crippen LogP contribution >= 0.6 is 24.0 Å². The van der Waals surface area contributed by atoms with Gasteiger partial charge in [0.25, 0.3) is 11.5 Å². The second kappa shape index (κ2) is 14.2. The average Bonchev–Trinajstić information content (AvgIpc) is 3.27. The summed E-state index contributed by atoms with van der Waals surface area (Å²) in [5.41, 5.74) is 2.19. The highest BCUT2D eigenvalue weighted by molar-refractivity contribution is 8.26. The highest BCUT2D eigenvalue weighted by Crippen LogP contribution is 2.36. The summed E-state index contributed by atoms with van der Waals surface area (Å²) in [6.07, 6.45) is 4.16. The van der Waals surface area contributed by atoms with E-state index in [2.05, 4.69) is 29.7 Å². The number of aromatic nitrogens is 1. The summed E-state index contributed by atoms with van der Waals surface area (Å²) < 4.78 is 13.0. The van der Waals surface area contributed by atoms with Crippen molar-refractivity contribution >= 4 is 46.1 Å². The molecule has 42 heavy (non-hydrogen) atoms. The monoisotopic (exact) mass is 609 g/mol. The van der Waals surface area contributed by atoms with Crippen molar-refractivity contribution in [2.24, 2.45) is 0 Å². The Morgan fingerprint density at radius 3 is 2.40 bits per heavy atom. The Bertz CT molecular complexity index is 1470. The number of methoxy groups -OCH3 is 2. The minimum Gasteiger partial charge on any atom is -0.493 e. The summed E-state index contributed by atoms with van der Waals surface area (Å²) in [4.78, 5) is 33.9. The van der Waals surface area contributed by atoms with E-state index in [9.17, 15) is 14.9 Å². The zero-order chi connectivity index (χ0) is 30.4. The lowest BCUT2D eigenvalue weighted by atomic mass is 10.0. The SMILES string of the molecule is CCCCn1c(N2CCN(CC)CC2)c(/C=C2/SC(=S)N(CCc3ccc(OC)c(OC)c3)C2=O)c(C)c(C#N)c1=O. The average molecular weight is 610 g/mol. The highest BCUT2D eigenvalue weighted by Gasteiger charge is 2.33. The van der Waals surface area contributed by atoms with Gasteiger partial charge in [0.05, 0.1) is 19.1 Å². The fraction of sp³-hybridized carbons (Fsp3) is 0.484. The van der Waals surface area contributed by atoms with Crippen LogP contribution in [0.5, 0.6) is 11.5 Å². The molecule has 0 N–H and O–H groups in total. The van der Waals surface area contributed by atoms with Gasteiger partial charge in [-0.05, 0) is 55.6 Å². The molecule has 4 rings (SSSR count). The number of ether oxygens (including phenoxy) is 2. The van der Waals surface area contributed by atoms with Gasteiger partial charge < -0.3 is 19.3 Å². The molecule has 11 heteroatoms. The lowest BCUT2D eigenvalue weighted by molar-refractivity contribution is -0.122. The topological polar surface area (TPSA) is 91.0 Å². The number of piperazine rings is 1. The number of hydrogen-bond acceptors (Lipinski definition) is 9. The summed E-state index contributed by atoms with van der Waals surface area (Å²) in [5.74, 6) is 1.90. The molecule has 224 valence electrons. The number of carbonyl (C=O) groups is 1. The number of anilines is 1. The van der Waals surface area contributed by atoms with Crippen molar-refractivity contribution in [2.75, 3.05) is 58.4 Å². The number of benzene rings is 1. The van der Waals surface area contributed by atoms with Gasteiger partial charge in [0.2, 0.25) is 0 Å². The van der Waals surface area contributed by atoms with E-state index in [4.69, 9.17) is 21.7 Å². The molecule has 0 bridgehead atoms. The molecule has 2 aliphatic heterocycles. The first kappa shape index (κ1) is 31.6. The third kappa shape index (κ3) is 6.51. The third-order valence-electron chi connectivity index (χ3n) is 7.92. The Morgan fingerprint density at radius 2 is 1.79 bits per heavy atom. The quantitative estimate of drug-likeness (QED) is 0.271. The van der Waals surface area contributed by atoms with Gasteiger partial charge in [0, 0.05) is 44.8 Å². The molecule has 2 fully saturated rings.